The number of hydrogen-bond acceptors (Lipinski definition) is 1. The Hall–Kier alpha value is -0.590. The van der Waals surface area contributed by atoms with Crippen LogP contribution in [0.15, 0.2) is 11.6 Å². The average molecular weight is 150 g/mol. The van der Waals surface area contributed by atoms with E-state index >= 15 is 0 Å². The molecule has 0 saturated heterocycles. The molecule has 1 saturated carbocycles. The van der Waals surface area contributed by atoms with Crippen LogP contribution in [0.2, 0.25) is 0 Å². The Kier molecular flexibility index (Phi) is 1.14. The standard InChI is InChI=1S/C10H14O/c1-6(2)10-5-8(10)7(3)4-9(10)11/h4,6,8H,5H2,1-3H3. The van der Waals surface area contributed by atoms with Crippen LogP contribution in [0.5, 0.6) is 0 Å². The minimum absolute atomic E-state index is 0.0596. The second-order valence-electron chi connectivity index (χ2n) is 4.20. The predicted octanol–water partition coefficient (Wildman–Crippen LogP) is 2.18. The van der Waals surface area contributed by atoms with Crippen molar-refractivity contribution in [3.8, 4) is 0 Å². The highest BCUT2D eigenvalue weighted by molar-refractivity contribution is 6.02. The fourth-order valence-corrected chi connectivity index (χ4v) is 2.48. The molecular weight excluding hydrogens is 136 g/mol. The van der Waals surface area contributed by atoms with Crippen LogP contribution in [0.3, 0.4) is 0 Å². The molecule has 0 heterocycles. The molecule has 2 rings (SSSR count). The Balaban J connectivity index is 2.33. The van der Waals surface area contributed by atoms with Gasteiger partial charge in [0, 0.05) is 5.41 Å². The smallest absolute Gasteiger partial charge is 0.162 e. The van der Waals surface area contributed by atoms with E-state index in [1.807, 2.05) is 6.08 Å². The molecule has 0 aromatic heterocycles. The first-order chi connectivity index (χ1) is 5.09. The molecule has 11 heavy (non-hydrogen) atoms. The Morgan fingerprint density at radius 1 is 1.64 bits per heavy atom. The normalized spacial score (nSPS) is 40.9. The third-order valence-corrected chi connectivity index (χ3v) is 3.40. The van der Waals surface area contributed by atoms with Crippen LogP contribution in [0, 0.1) is 17.3 Å². The van der Waals surface area contributed by atoms with Crippen LogP contribution < -0.4 is 0 Å². The summed E-state index contributed by atoms with van der Waals surface area (Å²) in [6.45, 7) is 6.40. The lowest BCUT2D eigenvalue weighted by Crippen LogP contribution is -2.18. The van der Waals surface area contributed by atoms with Crippen LogP contribution in [0.4, 0.5) is 0 Å². The Bertz CT molecular complexity index is 250. The Morgan fingerprint density at radius 2 is 2.27 bits per heavy atom. The van der Waals surface area contributed by atoms with Gasteiger partial charge in [0.15, 0.2) is 5.78 Å². The molecule has 2 aliphatic rings. The maximum atomic E-state index is 11.5. The van der Waals surface area contributed by atoms with E-state index < -0.39 is 0 Å². The number of fused-ring (bicyclic) bond motifs is 1. The summed E-state index contributed by atoms with van der Waals surface area (Å²) < 4.78 is 0. The van der Waals surface area contributed by atoms with Gasteiger partial charge in [0.1, 0.15) is 0 Å². The van der Waals surface area contributed by atoms with E-state index in [-0.39, 0.29) is 5.41 Å². The van der Waals surface area contributed by atoms with Gasteiger partial charge in [-0.05, 0) is 31.3 Å². The summed E-state index contributed by atoms with van der Waals surface area (Å²) in [7, 11) is 0. The SMILES string of the molecule is CC1=CC(=O)C2(C(C)C)CC12. The van der Waals surface area contributed by atoms with Crippen molar-refractivity contribution in [3.05, 3.63) is 11.6 Å². The van der Waals surface area contributed by atoms with Crippen LogP contribution in [0.25, 0.3) is 0 Å². The molecule has 0 N–H and O–H groups in total. The van der Waals surface area contributed by atoms with E-state index in [4.69, 9.17) is 0 Å². The van der Waals surface area contributed by atoms with Crippen molar-refractivity contribution in [1.29, 1.82) is 0 Å². The molecule has 0 aromatic carbocycles. The van der Waals surface area contributed by atoms with E-state index in [2.05, 4.69) is 20.8 Å². The van der Waals surface area contributed by atoms with E-state index in [1.165, 1.54) is 5.57 Å². The largest absolute Gasteiger partial charge is 0.294 e. The summed E-state index contributed by atoms with van der Waals surface area (Å²) in [5.74, 6) is 1.51. The van der Waals surface area contributed by atoms with Crippen molar-refractivity contribution in [2.24, 2.45) is 17.3 Å². The van der Waals surface area contributed by atoms with Gasteiger partial charge in [-0.2, -0.15) is 0 Å². The number of rotatable bonds is 1. The molecular formula is C10H14O. The van der Waals surface area contributed by atoms with Gasteiger partial charge in [-0.3, -0.25) is 4.79 Å². The first kappa shape index (κ1) is 7.08. The van der Waals surface area contributed by atoms with Crippen LogP contribution >= 0.6 is 0 Å². The van der Waals surface area contributed by atoms with Gasteiger partial charge in [-0.25, -0.2) is 0 Å². The molecule has 0 amide bonds. The second kappa shape index (κ2) is 1.77. The van der Waals surface area contributed by atoms with Crippen molar-refractivity contribution < 1.29 is 4.79 Å². The zero-order chi connectivity index (χ0) is 8.22. The van der Waals surface area contributed by atoms with Crippen molar-refractivity contribution in [2.75, 3.05) is 0 Å². The predicted molar refractivity (Wildman–Crippen MR) is 44.1 cm³/mol. The highest BCUT2D eigenvalue weighted by Crippen LogP contribution is 2.65. The molecule has 2 unspecified atom stereocenters. The number of allylic oxidation sites excluding steroid dienone is 2. The van der Waals surface area contributed by atoms with Gasteiger partial charge in [0.05, 0.1) is 0 Å². The summed E-state index contributed by atoms with van der Waals surface area (Å²) in [5, 5.41) is 0. The second-order valence-corrected chi connectivity index (χ2v) is 4.20. The Labute approximate surface area is 67.5 Å². The van der Waals surface area contributed by atoms with E-state index in [0.29, 0.717) is 17.6 Å². The average Bonchev–Trinajstić information content (AvgIpc) is 2.56. The third-order valence-electron chi connectivity index (χ3n) is 3.40. The first-order valence-electron chi connectivity index (χ1n) is 4.31. The molecule has 1 heteroatoms. The van der Waals surface area contributed by atoms with Crippen molar-refractivity contribution >= 4 is 5.78 Å². The highest BCUT2D eigenvalue weighted by atomic mass is 16.1. The molecule has 2 aliphatic carbocycles. The maximum absolute atomic E-state index is 11.5. The lowest BCUT2D eigenvalue weighted by atomic mass is 9.88. The fraction of sp³-hybridized carbons (Fsp3) is 0.700. The van der Waals surface area contributed by atoms with Crippen LogP contribution in [0.1, 0.15) is 27.2 Å². The molecule has 0 aliphatic heterocycles. The van der Waals surface area contributed by atoms with Crippen LogP contribution in [-0.2, 0) is 4.79 Å². The molecule has 0 aromatic rings. The van der Waals surface area contributed by atoms with Gasteiger partial charge in [0.25, 0.3) is 0 Å². The number of hydrogen-bond donors (Lipinski definition) is 0. The summed E-state index contributed by atoms with van der Waals surface area (Å²) in [6, 6.07) is 0. The minimum Gasteiger partial charge on any atom is -0.294 e. The van der Waals surface area contributed by atoms with Gasteiger partial charge in [-0.15, -0.1) is 0 Å². The van der Waals surface area contributed by atoms with E-state index in [1.54, 1.807) is 0 Å². The van der Waals surface area contributed by atoms with Crippen molar-refractivity contribution in [2.45, 2.75) is 27.2 Å². The zero-order valence-corrected chi connectivity index (χ0v) is 7.35. The Morgan fingerprint density at radius 3 is 2.45 bits per heavy atom. The number of ketones is 1. The van der Waals surface area contributed by atoms with Gasteiger partial charge >= 0.3 is 0 Å². The minimum atomic E-state index is 0.0596. The quantitative estimate of drug-likeness (QED) is 0.560. The first-order valence-corrected chi connectivity index (χ1v) is 4.31. The molecule has 0 bridgehead atoms. The fourth-order valence-electron chi connectivity index (χ4n) is 2.48. The highest BCUT2D eigenvalue weighted by Gasteiger charge is 2.64. The van der Waals surface area contributed by atoms with Crippen molar-refractivity contribution in [3.63, 3.8) is 0 Å². The summed E-state index contributed by atoms with van der Waals surface area (Å²) in [5.41, 5.74) is 1.37. The monoisotopic (exact) mass is 150 g/mol. The molecule has 60 valence electrons. The van der Waals surface area contributed by atoms with E-state index in [9.17, 15) is 4.79 Å². The van der Waals surface area contributed by atoms with Gasteiger partial charge in [-0.1, -0.05) is 19.4 Å². The maximum Gasteiger partial charge on any atom is 0.162 e. The molecule has 0 radical (unpaired) electrons. The molecule has 1 fully saturated rings. The zero-order valence-electron chi connectivity index (χ0n) is 7.35. The number of carbonyl (C=O) groups is 1. The van der Waals surface area contributed by atoms with Gasteiger partial charge < -0.3 is 0 Å². The van der Waals surface area contributed by atoms with Crippen molar-refractivity contribution in [1.82, 2.24) is 0 Å². The van der Waals surface area contributed by atoms with Gasteiger partial charge in [0.2, 0.25) is 0 Å². The van der Waals surface area contributed by atoms with E-state index in [0.717, 1.165) is 6.42 Å². The molecule has 0 spiro atoms. The molecule has 1 nitrogen and oxygen atoms in total. The third kappa shape index (κ3) is 0.640. The lowest BCUT2D eigenvalue weighted by Gasteiger charge is -2.13. The summed E-state index contributed by atoms with van der Waals surface area (Å²) in [6.07, 6.45) is 2.96. The number of carbonyl (C=O) groups excluding carboxylic acids is 1. The summed E-state index contributed by atoms with van der Waals surface area (Å²) >= 11 is 0. The molecule has 2 atom stereocenters. The lowest BCUT2D eigenvalue weighted by molar-refractivity contribution is -0.120. The van der Waals surface area contributed by atoms with Crippen LogP contribution in [-0.4, -0.2) is 5.78 Å². The summed E-state index contributed by atoms with van der Waals surface area (Å²) in [4.78, 5) is 11.5. The topological polar surface area (TPSA) is 17.1 Å².